The molecule has 0 radical (unpaired) electrons. The first-order valence-corrected chi connectivity index (χ1v) is 7.48. The Morgan fingerprint density at radius 1 is 1.33 bits per heavy atom. The molecule has 1 aliphatic rings. The minimum Gasteiger partial charge on any atom is -0.454 e. The Hall–Kier alpha value is -2.28. The van der Waals surface area contributed by atoms with Crippen LogP contribution < -0.4 is 14.8 Å². The number of nitrogens with one attached hydrogen (secondary N) is 1. The van der Waals surface area contributed by atoms with E-state index in [9.17, 15) is 4.79 Å². The van der Waals surface area contributed by atoms with E-state index in [1.807, 2.05) is 6.26 Å². The lowest BCUT2D eigenvalue weighted by Gasteiger charge is -2.08. The zero-order chi connectivity index (χ0) is 14.8. The van der Waals surface area contributed by atoms with Crippen molar-refractivity contribution in [1.29, 1.82) is 0 Å². The quantitative estimate of drug-likeness (QED) is 0.693. The molecule has 6 nitrogen and oxygen atoms in total. The van der Waals surface area contributed by atoms with Gasteiger partial charge in [-0.1, -0.05) is 11.8 Å². The van der Waals surface area contributed by atoms with Crippen molar-refractivity contribution in [3.8, 4) is 11.5 Å². The molecule has 21 heavy (non-hydrogen) atoms. The first-order valence-electron chi connectivity index (χ1n) is 6.26. The van der Waals surface area contributed by atoms with Crippen LogP contribution in [0.4, 0.5) is 5.69 Å². The van der Waals surface area contributed by atoms with Crippen molar-refractivity contribution in [2.75, 3.05) is 18.4 Å². The molecule has 0 fully saturated rings. The van der Waals surface area contributed by atoms with Crippen LogP contribution in [0, 0.1) is 6.92 Å². The lowest BCUT2D eigenvalue weighted by atomic mass is 10.2. The van der Waals surface area contributed by atoms with Crippen molar-refractivity contribution in [3.05, 3.63) is 35.7 Å². The molecule has 0 atom stereocenters. The van der Waals surface area contributed by atoms with Crippen LogP contribution in [0.25, 0.3) is 0 Å². The molecule has 1 aromatic heterocycles. The third-order valence-corrected chi connectivity index (χ3v) is 3.58. The van der Waals surface area contributed by atoms with E-state index in [1.165, 1.54) is 18.0 Å². The summed E-state index contributed by atoms with van der Waals surface area (Å²) in [4.78, 5) is 20.6. The second kappa shape index (κ2) is 5.61. The highest BCUT2D eigenvalue weighted by Crippen LogP contribution is 2.34. The highest BCUT2D eigenvalue weighted by Gasteiger charge is 2.16. The number of ether oxygens (including phenoxy) is 2. The maximum atomic E-state index is 12.3. The molecule has 1 aromatic carbocycles. The second-order valence-electron chi connectivity index (χ2n) is 4.38. The van der Waals surface area contributed by atoms with E-state index < -0.39 is 0 Å². The summed E-state index contributed by atoms with van der Waals surface area (Å²) in [6.07, 6.45) is 3.43. The van der Waals surface area contributed by atoms with Crippen molar-refractivity contribution < 1.29 is 14.3 Å². The molecule has 7 heteroatoms. The summed E-state index contributed by atoms with van der Waals surface area (Å²) in [6.45, 7) is 1.99. The van der Waals surface area contributed by atoms with E-state index in [0.717, 1.165) is 0 Å². The van der Waals surface area contributed by atoms with Crippen LogP contribution in [0.2, 0.25) is 0 Å². The Bertz CT molecular complexity index is 706. The molecule has 108 valence electrons. The number of carbonyl (C=O) groups excluding carboxylic acids is 1. The van der Waals surface area contributed by atoms with Gasteiger partial charge in [-0.2, -0.15) is 0 Å². The van der Waals surface area contributed by atoms with Crippen LogP contribution in [0.15, 0.2) is 29.6 Å². The first-order chi connectivity index (χ1) is 10.2. The van der Waals surface area contributed by atoms with Gasteiger partial charge in [-0.05, 0) is 25.3 Å². The van der Waals surface area contributed by atoms with Crippen LogP contribution in [0.3, 0.4) is 0 Å². The van der Waals surface area contributed by atoms with Gasteiger partial charge in [0.05, 0.1) is 11.3 Å². The van der Waals surface area contributed by atoms with Gasteiger partial charge in [-0.15, -0.1) is 0 Å². The van der Waals surface area contributed by atoms with Gasteiger partial charge >= 0.3 is 0 Å². The number of nitrogens with zero attached hydrogens (tertiary/aromatic N) is 2. The Morgan fingerprint density at radius 2 is 2.14 bits per heavy atom. The fourth-order valence-corrected chi connectivity index (χ4v) is 2.33. The number of aromatic nitrogens is 2. The lowest BCUT2D eigenvalue weighted by Crippen LogP contribution is -2.14. The van der Waals surface area contributed by atoms with E-state index in [1.54, 1.807) is 25.1 Å². The number of benzene rings is 1. The summed E-state index contributed by atoms with van der Waals surface area (Å²) >= 11 is 1.44. The molecule has 0 bridgehead atoms. The Balaban J connectivity index is 1.80. The van der Waals surface area contributed by atoms with E-state index in [4.69, 9.17) is 9.47 Å². The normalized spacial score (nSPS) is 12.3. The molecule has 0 saturated heterocycles. The molecule has 1 N–H and O–H groups in total. The van der Waals surface area contributed by atoms with Crippen molar-refractivity contribution in [3.63, 3.8) is 0 Å². The number of thioether (sulfide) groups is 1. The standard InChI is InChI=1S/C14H13N3O3S/c1-8-10(6-15-14(16-8)21-2)13(18)17-9-3-4-11-12(5-9)20-7-19-11/h3-6H,7H2,1-2H3,(H,17,18). The molecule has 1 amide bonds. The largest absolute Gasteiger partial charge is 0.454 e. The highest BCUT2D eigenvalue weighted by molar-refractivity contribution is 7.98. The Kier molecular flexibility index (Phi) is 3.66. The summed E-state index contributed by atoms with van der Waals surface area (Å²) in [5.74, 6) is 1.05. The molecular formula is C14H13N3O3S. The van der Waals surface area contributed by atoms with E-state index >= 15 is 0 Å². The number of rotatable bonds is 3. The van der Waals surface area contributed by atoms with Crippen LogP contribution in [-0.2, 0) is 0 Å². The molecule has 0 unspecified atom stereocenters. The number of fused-ring (bicyclic) bond motifs is 1. The maximum absolute atomic E-state index is 12.3. The van der Waals surface area contributed by atoms with Gasteiger partial charge in [0.2, 0.25) is 6.79 Å². The van der Waals surface area contributed by atoms with Gasteiger partial charge in [-0.3, -0.25) is 4.79 Å². The smallest absolute Gasteiger partial charge is 0.259 e. The number of amides is 1. The van der Waals surface area contributed by atoms with E-state index in [-0.39, 0.29) is 12.7 Å². The zero-order valence-corrected chi connectivity index (χ0v) is 12.4. The van der Waals surface area contributed by atoms with E-state index in [0.29, 0.717) is 33.6 Å². The van der Waals surface area contributed by atoms with Gasteiger partial charge in [0, 0.05) is 18.0 Å². The van der Waals surface area contributed by atoms with Crippen LogP contribution in [-0.4, -0.2) is 28.9 Å². The fourth-order valence-electron chi connectivity index (χ4n) is 1.94. The number of hydrogen-bond donors (Lipinski definition) is 1. The number of carbonyl (C=O) groups is 1. The van der Waals surface area contributed by atoms with Gasteiger partial charge in [0.25, 0.3) is 5.91 Å². The molecule has 3 rings (SSSR count). The fraction of sp³-hybridized carbons (Fsp3) is 0.214. The SMILES string of the molecule is CSc1ncc(C(=O)Nc2ccc3c(c2)OCO3)c(C)n1. The first kappa shape index (κ1) is 13.7. The Labute approximate surface area is 125 Å². The maximum Gasteiger partial charge on any atom is 0.259 e. The molecule has 0 saturated carbocycles. The lowest BCUT2D eigenvalue weighted by molar-refractivity contribution is 0.102. The molecule has 1 aliphatic heterocycles. The molecule has 0 aliphatic carbocycles. The summed E-state index contributed by atoms with van der Waals surface area (Å²) < 4.78 is 10.5. The number of aryl methyl sites for hydroxylation is 1. The molecule has 2 heterocycles. The minimum absolute atomic E-state index is 0.204. The average molecular weight is 303 g/mol. The van der Waals surface area contributed by atoms with E-state index in [2.05, 4.69) is 15.3 Å². The van der Waals surface area contributed by atoms with Crippen LogP contribution >= 0.6 is 11.8 Å². The monoisotopic (exact) mass is 303 g/mol. The topological polar surface area (TPSA) is 73.3 Å². The second-order valence-corrected chi connectivity index (χ2v) is 5.15. The van der Waals surface area contributed by atoms with Crippen LogP contribution in [0.1, 0.15) is 16.1 Å². The molecular weight excluding hydrogens is 290 g/mol. The van der Waals surface area contributed by atoms with Crippen molar-refractivity contribution in [2.45, 2.75) is 12.1 Å². The number of anilines is 1. The minimum atomic E-state index is -0.251. The van der Waals surface area contributed by atoms with Crippen molar-refractivity contribution in [2.24, 2.45) is 0 Å². The molecule has 2 aromatic rings. The van der Waals surface area contributed by atoms with Crippen LogP contribution in [0.5, 0.6) is 11.5 Å². The summed E-state index contributed by atoms with van der Waals surface area (Å²) in [6, 6.07) is 5.25. The van der Waals surface area contributed by atoms with Crippen molar-refractivity contribution in [1.82, 2.24) is 9.97 Å². The third kappa shape index (κ3) is 2.78. The number of hydrogen-bond acceptors (Lipinski definition) is 6. The third-order valence-electron chi connectivity index (χ3n) is 3.01. The van der Waals surface area contributed by atoms with Gasteiger partial charge in [0.15, 0.2) is 16.7 Å². The predicted molar refractivity (Wildman–Crippen MR) is 79.1 cm³/mol. The summed E-state index contributed by atoms with van der Waals surface area (Å²) in [5, 5.41) is 3.45. The van der Waals surface area contributed by atoms with Crippen molar-refractivity contribution >= 4 is 23.4 Å². The van der Waals surface area contributed by atoms with Gasteiger partial charge in [-0.25, -0.2) is 9.97 Å². The molecule has 0 spiro atoms. The average Bonchev–Trinajstić information content (AvgIpc) is 2.94. The van der Waals surface area contributed by atoms with Gasteiger partial charge < -0.3 is 14.8 Å². The predicted octanol–water partition coefficient (Wildman–Crippen LogP) is 2.49. The Morgan fingerprint density at radius 3 is 2.90 bits per heavy atom. The highest BCUT2D eigenvalue weighted by atomic mass is 32.2. The van der Waals surface area contributed by atoms with Gasteiger partial charge in [0.1, 0.15) is 0 Å². The summed E-state index contributed by atoms with van der Waals surface area (Å²) in [5.41, 5.74) is 1.73. The summed E-state index contributed by atoms with van der Waals surface area (Å²) in [7, 11) is 0. The zero-order valence-electron chi connectivity index (χ0n) is 11.5.